The Kier molecular flexibility index (Phi) is 18.3. The minimum absolute atomic E-state index is 0.0193. The number of hydrogen-bond donors (Lipinski definition) is 2. The number of nitrogens with zero attached hydrogens (tertiary/aromatic N) is 3. The van der Waals surface area contributed by atoms with Gasteiger partial charge in [0.25, 0.3) is 0 Å². The maximum Gasteiger partial charge on any atom is 0.421 e. The molecule has 1 heterocycles. The molecule has 1 saturated heterocycles. The van der Waals surface area contributed by atoms with Crippen LogP contribution in [0.1, 0.15) is 27.7 Å². The fourth-order valence-electron chi connectivity index (χ4n) is 3.52. The van der Waals surface area contributed by atoms with Crippen LogP contribution in [0.3, 0.4) is 0 Å². The third-order valence-corrected chi connectivity index (χ3v) is 6.09. The molecule has 1 fully saturated rings. The van der Waals surface area contributed by atoms with E-state index in [4.69, 9.17) is 43.4 Å². The number of azide groups is 1. The first-order valence-corrected chi connectivity index (χ1v) is 14.8. The van der Waals surface area contributed by atoms with Crippen LogP contribution in [-0.4, -0.2) is 128 Å². The van der Waals surface area contributed by atoms with E-state index in [0.717, 1.165) is 27.7 Å². The second kappa shape index (κ2) is 21.0. The van der Waals surface area contributed by atoms with Gasteiger partial charge in [-0.1, -0.05) is 5.11 Å². The summed E-state index contributed by atoms with van der Waals surface area (Å²) in [7, 11) is -4.21. The number of amides is 1. The summed E-state index contributed by atoms with van der Waals surface area (Å²) in [6.45, 7) is 3.29. The summed E-state index contributed by atoms with van der Waals surface area (Å²) in [4.78, 5) is 60.7. The van der Waals surface area contributed by atoms with Crippen molar-refractivity contribution in [3.8, 4) is 0 Å². The number of ether oxygens (including phenoxy) is 9. The number of rotatable bonds is 20. The third-order valence-electron chi connectivity index (χ3n) is 5.07. The predicted molar refractivity (Wildman–Crippen MR) is 145 cm³/mol. The minimum Gasteiger partial charge on any atom is -0.463 e. The molecule has 0 bridgehead atoms. The number of carbonyl (C=O) groups excluding carboxylic acids is 5. The first-order chi connectivity index (χ1) is 21.3. The Balaban J connectivity index is 2.55. The molecule has 0 aromatic rings. The average Bonchev–Trinajstić information content (AvgIpc) is 2.93. The summed E-state index contributed by atoms with van der Waals surface area (Å²) in [6.07, 6.45) is -7.81. The summed E-state index contributed by atoms with van der Waals surface area (Å²) in [5, 5.41) is 3.12. The van der Waals surface area contributed by atoms with Gasteiger partial charge >= 0.3 is 40.2 Å². The second-order valence-electron chi connectivity index (χ2n) is 8.75. The lowest BCUT2D eigenvalue weighted by Crippen LogP contribution is -2.63. The Labute approximate surface area is 258 Å². The Morgan fingerprint density at radius 2 is 1.36 bits per heavy atom. The van der Waals surface area contributed by atoms with Gasteiger partial charge in [0.1, 0.15) is 12.7 Å². The van der Waals surface area contributed by atoms with Gasteiger partial charge in [0.15, 0.2) is 24.6 Å². The molecule has 256 valence electrons. The van der Waals surface area contributed by atoms with E-state index >= 15 is 0 Å². The van der Waals surface area contributed by atoms with Crippen molar-refractivity contribution in [1.82, 2.24) is 9.44 Å². The maximum atomic E-state index is 11.9. The molecule has 0 spiro atoms. The summed E-state index contributed by atoms with van der Waals surface area (Å²) >= 11 is 0. The molecule has 0 saturated carbocycles. The van der Waals surface area contributed by atoms with Crippen molar-refractivity contribution in [3.63, 3.8) is 0 Å². The topological polar surface area (TPSA) is 275 Å². The van der Waals surface area contributed by atoms with Gasteiger partial charge in [-0.15, -0.1) is 0 Å². The molecule has 1 aliphatic heterocycles. The molecule has 1 amide bonds. The van der Waals surface area contributed by atoms with E-state index < -0.39 is 77.5 Å². The van der Waals surface area contributed by atoms with Crippen molar-refractivity contribution >= 4 is 40.2 Å². The van der Waals surface area contributed by atoms with Gasteiger partial charge < -0.3 is 42.6 Å². The highest BCUT2D eigenvalue weighted by atomic mass is 32.2. The molecular weight excluding hydrogens is 634 g/mol. The van der Waals surface area contributed by atoms with E-state index in [2.05, 4.69) is 19.5 Å². The van der Waals surface area contributed by atoms with Crippen LogP contribution in [0.4, 0.5) is 4.79 Å². The molecular formula is C23H37N5O16S. The normalized spacial score (nSPS) is 21.0. The molecule has 2 N–H and O–H groups in total. The molecule has 0 unspecified atom stereocenters. The smallest absolute Gasteiger partial charge is 0.421 e. The standard InChI is InChI=1S/C23H37N5O16S/c1-14(29)40-13-18-19(41-15(2)30)20(42-16(3)31)21(43-17(4)32)22(44-18)38-12-11-37-10-9-36-7-6-26-45(34,35)27-23(33)39-8-5-25-28-24/h18-22,26H,5-13H2,1-4H3,(H,27,33)/t18-,19-,20+,21-,22-/m1/s1. The number of hydrogen-bond acceptors (Lipinski definition) is 17. The summed E-state index contributed by atoms with van der Waals surface area (Å²) in [6, 6.07) is 0. The monoisotopic (exact) mass is 671 g/mol. The zero-order valence-corrected chi connectivity index (χ0v) is 25.8. The molecule has 45 heavy (non-hydrogen) atoms. The second-order valence-corrected chi connectivity index (χ2v) is 10.3. The van der Waals surface area contributed by atoms with Crippen molar-refractivity contribution in [2.75, 3.05) is 59.3 Å². The van der Waals surface area contributed by atoms with Gasteiger partial charge in [0.2, 0.25) is 0 Å². The van der Waals surface area contributed by atoms with Gasteiger partial charge in [-0.05, 0) is 5.53 Å². The fraction of sp³-hybridized carbons (Fsp3) is 0.783. The summed E-state index contributed by atoms with van der Waals surface area (Å²) in [5.74, 6) is -2.98. The van der Waals surface area contributed by atoms with Gasteiger partial charge in [0.05, 0.1) is 46.2 Å². The highest BCUT2D eigenvalue weighted by Crippen LogP contribution is 2.30. The van der Waals surface area contributed by atoms with Crippen LogP contribution < -0.4 is 9.44 Å². The van der Waals surface area contributed by atoms with Crippen LogP contribution in [0.2, 0.25) is 0 Å². The lowest BCUT2D eigenvalue weighted by atomic mass is 9.98. The van der Waals surface area contributed by atoms with Crippen LogP contribution >= 0.6 is 0 Å². The number of carbonyl (C=O) groups is 5. The number of esters is 4. The van der Waals surface area contributed by atoms with Crippen molar-refractivity contribution in [1.29, 1.82) is 0 Å². The third kappa shape index (κ3) is 17.3. The Morgan fingerprint density at radius 3 is 1.96 bits per heavy atom. The first-order valence-electron chi connectivity index (χ1n) is 13.3. The van der Waals surface area contributed by atoms with Crippen molar-refractivity contribution in [2.45, 2.75) is 58.4 Å². The van der Waals surface area contributed by atoms with Gasteiger partial charge in [-0.25, -0.2) is 9.52 Å². The van der Waals surface area contributed by atoms with Crippen LogP contribution in [0.15, 0.2) is 5.11 Å². The van der Waals surface area contributed by atoms with E-state index in [9.17, 15) is 32.4 Å². The Morgan fingerprint density at radius 1 is 0.778 bits per heavy atom. The molecule has 22 heteroatoms. The largest absolute Gasteiger partial charge is 0.463 e. The SMILES string of the molecule is CC(=O)OC[C@H]1O[C@@H](OCCOCCOCCNS(=O)(=O)NC(=O)OCCN=[N+]=[N-])[C@H](OC(C)=O)[C@@H](OC(C)=O)[C@@H]1OC(C)=O. The molecule has 1 rings (SSSR count). The van der Waals surface area contributed by atoms with Crippen molar-refractivity contribution in [2.24, 2.45) is 5.11 Å². The maximum absolute atomic E-state index is 11.9. The highest BCUT2D eigenvalue weighted by Gasteiger charge is 2.52. The lowest BCUT2D eigenvalue weighted by molar-refractivity contribution is -0.309. The molecule has 1 aliphatic rings. The molecule has 0 radical (unpaired) electrons. The molecule has 0 aromatic heterocycles. The fourth-order valence-corrected chi connectivity index (χ4v) is 4.22. The van der Waals surface area contributed by atoms with Gasteiger partial charge in [-0.2, -0.15) is 13.1 Å². The molecule has 0 aromatic carbocycles. The zero-order chi connectivity index (χ0) is 33.8. The quantitative estimate of drug-likeness (QED) is 0.0392. The van der Waals surface area contributed by atoms with Gasteiger partial charge in [0, 0.05) is 39.2 Å². The number of nitrogens with one attached hydrogen (secondary N) is 2. The first kappa shape index (κ1) is 39.2. The summed E-state index contributed by atoms with van der Waals surface area (Å²) < 4.78 is 74.7. The summed E-state index contributed by atoms with van der Waals surface area (Å²) in [5.41, 5.74) is 8.12. The van der Waals surface area contributed by atoms with E-state index in [0.29, 0.717) is 0 Å². The average molecular weight is 672 g/mol. The molecule has 0 aliphatic carbocycles. The van der Waals surface area contributed by atoms with E-state index in [1.54, 1.807) is 4.72 Å². The zero-order valence-electron chi connectivity index (χ0n) is 25.0. The van der Waals surface area contributed by atoms with Crippen LogP contribution in [0, 0.1) is 0 Å². The van der Waals surface area contributed by atoms with Crippen LogP contribution in [0.25, 0.3) is 10.4 Å². The van der Waals surface area contributed by atoms with E-state index in [1.165, 1.54) is 0 Å². The van der Waals surface area contributed by atoms with Crippen LogP contribution in [0.5, 0.6) is 0 Å². The van der Waals surface area contributed by atoms with Crippen molar-refractivity contribution < 1.29 is 75.0 Å². The van der Waals surface area contributed by atoms with E-state index in [1.807, 2.05) is 0 Å². The molecule has 5 atom stereocenters. The predicted octanol–water partition coefficient (Wildman–Crippen LogP) is -1.01. The minimum atomic E-state index is -4.21. The van der Waals surface area contributed by atoms with Gasteiger partial charge in [-0.3, -0.25) is 19.2 Å². The van der Waals surface area contributed by atoms with Crippen LogP contribution in [-0.2, 0) is 72.0 Å². The van der Waals surface area contributed by atoms with E-state index in [-0.39, 0.29) is 52.7 Å². The Hall–Kier alpha value is -3.79. The van der Waals surface area contributed by atoms with Crippen molar-refractivity contribution in [3.05, 3.63) is 10.4 Å². The lowest BCUT2D eigenvalue weighted by Gasteiger charge is -2.44. The molecule has 21 nitrogen and oxygen atoms in total. The highest BCUT2D eigenvalue weighted by molar-refractivity contribution is 7.88. The Bertz CT molecular complexity index is 1150.